The van der Waals surface area contributed by atoms with Crippen molar-refractivity contribution in [1.82, 2.24) is 5.16 Å². The van der Waals surface area contributed by atoms with Gasteiger partial charge in [-0.15, -0.1) is 0 Å². The van der Waals surface area contributed by atoms with Crippen LogP contribution < -0.4 is 5.73 Å². The van der Waals surface area contributed by atoms with Crippen LogP contribution in [0.3, 0.4) is 0 Å². The molecule has 1 aromatic heterocycles. The van der Waals surface area contributed by atoms with E-state index in [2.05, 4.69) is 5.16 Å². The molecule has 0 unspecified atom stereocenters. The summed E-state index contributed by atoms with van der Waals surface area (Å²) in [4.78, 5) is 0. The molecule has 0 aliphatic carbocycles. The van der Waals surface area contributed by atoms with Crippen molar-refractivity contribution in [3.8, 4) is 11.3 Å². The number of fused-ring (bicyclic) bond motifs is 1. The van der Waals surface area contributed by atoms with Crippen LogP contribution in [0.25, 0.3) is 22.2 Å². The molecule has 3 rings (SSSR count). The summed E-state index contributed by atoms with van der Waals surface area (Å²) in [6, 6.07) is 13.8. The lowest BCUT2D eigenvalue weighted by Crippen LogP contribution is -1.88. The molecule has 0 saturated heterocycles. The Morgan fingerprint density at radius 3 is 2.65 bits per heavy atom. The monoisotopic (exact) mass is 224 g/mol. The van der Waals surface area contributed by atoms with Gasteiger partial charge in [-0.25, -0.2) is 0 Å². The number of benzene rings is 2. The van der Waals surface area contributed by atoms with Crippen LogP contribution in [0.15, 0.2) is 47.0 Å². The molecule has 0 aliphatic rings. The van der Waals surface area contributed by atoms with Crippen molar-refractivity contribution in [2.45, 2.75) is 6.92 Å². The van der Waals surface area contributed by atoms with Crippen LogP contribution in [-0.2, 0) is 0 Å². The zero-order valence-corrected chi connectivity index (χ0v) is 9.47. The van der Waals surface area contributed by atoms with Crippen LogP contribution in [0.1, 0.15) is 5.56 Å². The van der Waals surface area contributed by atoms with Crippen LogP contribution in [0.2, 0.25) is 0 Å². The van der Waals surface area contributed by atoms with E-state index >= 15 is 0 Å². The first-order chi connectivity index (χ1) is 8.25. The second-order valence-electron chi connectivity index (χ2n) is 4.10. The number of rotatable bonds is 1. The molecule has 17 heavy (non-hydrogen) atoms. The van der Waals surface area contributed by atoms with Gasteiger partial charge in [-0.2, -0.15) is 0 Å². The number of aromatic nitrogens is 1. The molecule has 0 aliphatic heterocycles. The summed E-state index contributed by atoms with van der Waals surface area (Å²) in [6.45, 7) is 1.98. The average molecular weight is 224 g/mol. The SMILES string of the molecule is Cc1cc2c(-c3ccccc3)noc2cc1N. The van der Waals surface area contributed by atoms with Crippen molar-refractivity contribution in [1.29, 1.82) is 0 Å². The molecule has 0 spiro atoms. The van der Waals surface area contributed by atoms with Gasteiger partial charge in [0.2, 0.25) is 0 Å². The zero-order valence-electron chi connectivity index (χ0n) is 9.47. The standard InChI is InChI=1S/C14H12N2O/c1-9-7-11-13(8-12(9)15)17-16-14(11)10-5-3-2-4-6-10/h2-8H,15H2,1H3. The third-order valence-corrected chi connectivity index (χ3v) is 2.91. The Balaban J connectivity index is 2.29. The molecule has 3 aromatic rings. The topological polar surface area (TPSA) is 52.0 Å². The van der Waals surface area contributed by atoms with Gasteiger partial charge >= 0.3 is 0 Å². The van der Waals surface area contributed by atoms with Gasteiger partial charge in [-0.3, -0.25) is 0 Å². The predicted molar refractivity (Wildman–Crippen MR) is 68.6 cm³/mol. The first kappa shape index (κ1) is 9.90. The Hall–Kier alpha value is -2.29. The largest absolute Gasteiger partial charge is 0.398 e. The van der Waals surface area contributed by atoms with Crippen molar-refractivity contribution in [2.75, 3.05) is 5.73 Å². The third kappa shape index (κ3) is 1.56. The summed E-state index contributed by atoms with van der Waals surface area (Å²) in [6.07, 6.45) is 0. The second kappa shape index (κ2) is 3.63. The smallest absolute Gasteiger partial charge is 0.169 e. The van der Waals surface area contributed by atoms with E-state index in [4.69, 9.17) is 10.3 Å². The van der Waals surface area contributed by atoms with E-state index in [0.717, 1.165) is 33.5 Å². The molecule has 0 atom stereocenters. The van der Waals surface area contributed by atoms with Gasteiger partial charge in [-0.1, -0.05) is 35.5 Å². The van der Waals surface area contributed by atoms with E-state index in [9.17, 15) is 0 Å². The van der Waals surface area contributed by atoms with Crippen molar-refractivity contribution in [2.24, 2.45) is 0 Å². The lowest BCUT2D eigenvalue weighted by Gasteiger charge is -1.99. The van der Waals surface area contributed by atoms with Gasteiger partial charge in [0.25, 0.3) is 0 Å². The molecule has 2 aromatic carbocycles. The molecule has 0 fully saturated rings. The minimum absolute atomic E-state index is 0.729. The molecular weight excluding hydrogens is 212 g/mol. The molecule has 1 heterocycles. The number of nitrogens with two attached hydrogens (primary N) is 1. The zero-order chi connectivity index (χ0) is 11.8. The normalized spacial score (nSPS) is 10.9. The molecule has 3 nitrogen and oxygen atoms in total. The maximum Gasteiger partial charge on any atom is 0.169 e. The van der Waals surface area contributed by atoms with Gasteiger partial charge in [0.1, 0.15) is 5.69 Å². The number of nitrogens with zero attached hydrogens (tertiary/aromatic N) is 1. The highest BCUT2D eigenvalue weighted by Gasteiger charge is 2.11. The van der Waals surface area contributed by atoms with Crippen LogP contribution >= 0.6 is 0 Å². The Bertz CT molecular complexity index is 671. The lowest BCUT2D eigenvalue weighted by atomic mass is 10.1. The van der Waals surface area contributed by atoms with Gasteiger partial charge in [-0.05, 0) is 18.6 Å². The minimum atomic E-state index is 0.729. The Labute approximate surface area is 98.8 Å². The fourth-order valence-electron chi connectivity index (χ4n) is 1.91. The maximum atomic E-state index is 5.85. The van der Waals surface area contributed by atoms with Gasteiger partial charge < -0.3 is 10.3 Å². The predicted octanol–water partition coefficient (Wildman–Crippen LogP) is 3.39. The third-order valence-electron chi connectivity index (χ3n) is 2.91. The summed E-state index contributed by atoms with van der Waals surface area (Å²) in [5.74, 6) is 0. The van der Waals surface area contributed by atoms with Crippen LogP contribution in [0, 0.1) is 6.92 Å². The van der Waals surface area contributed by atoms with Gasteiger partial charge in [0.05, 0.1) is 5.39 Å². The highest BCUT2D eigenvalue weighted by Crippen LogP contribution is 2.30. The van der Waals surface area contributed by atoms with Crippen LogP contribution in [0.4, 0.5) is 5.69 Å². The summed E-state index contributed by atoms with van der Waals surface area (Å²) >= 11 is 0. The fourth-order valence-corrected chi connectivity index (χ4v) is 1.91. The second-order valence-corrected chi connectivity index (χ2v) is 4.10. The summed E-state index contributed by atoms with van der Waals surface area (Å²) in [5.41, 5.74) is 10.3. The number of nitrogen functional groups attached to an aromatic ring is 1. The summed E-state index contributed by atoms with van der Waals surface area (Å²) in [7, 11) is 0. The number of aryl methyl sites for hydroxylation is 1. The molecule has 0 radical (unpaired) electrons. The van der Waals surface area contributed by atoms with E-state index in [-0.39, 0.29) is 0 Å². The molecule has 0 saturated carbocycles. The van der Waals surface area contributed by atoms with Crippen LogP contribution in [-0.4, -0.2) is 5.16 Å². The van der Waals surface area contributed by atoms with Crippen molar-refractivity contribution < 1.29 is 4.52 Å². The first-order valence-corrected chi connectivity index (χ1v) is 5.46. The molecule has 0 amide bonds. The maximum absolute atomic E-state index is 5.85. The summed E-state index contributed by atoms with van der Waals surface area (Å²) in [5, 5.41) is 5.12. The summed E-state index contributed by atoms with van der Waals surface area (Å²) < 4.78 is 5.31. The van der Waals surface area contributed by atoms with Crippen molar-refractivity contribution in [3.63, 3.8) is 0 Å². The van der Waals surface area contributed by atoms with Crippen LogP contribution in [0.5, 0.6) is 0 Å². The quantitative estimate of drug-likeness (QED) is 0.644. The van der Waals surface area contributed by atoms with E-state index in [1.807, 2.05) is 49.4 Å². The van der Waals surface area contributed by atoms with Gasteiger partial charge in [0.15, 0.2) is 5.58 Å². The van der Waals surface area contributed by atoms with Gasteiger partial charge in [0, 0.05) is 17.3 Å². The fraction of sp³-hybridized carbons (Fsp3) is 0.0714. The minimum Gasteiger partial charge on any atom is -0.398 e. The number of anilines is 1. The number of hydrogen-bond acceptors (Lipinski definition) is 3. The Morgan fingerprint density at radius 2 is 1.88 bits per heavy atom. The van der Waals surface area contributed by atoms with Crippen molar-refractivity contribution >= 4 is 16.7 Å². The molecule has 3 heteroatoms. The van der Waals surface area contributed by atoms with Crippen molar-refractivity contribution in [3.05, 3.63) is 48.0 Å². The number of hydrogen-bond donors (Lipinski definition) is 1. The van der Waals surface area contributed by atoms with E-state index in [1.54, 1.807) is 0 Å². The first-order valence-electron chi connectivity index (χ1n) is 5.46. The molecular formula is C14H12N2O. The Kier molecular flexibility index (Phi) is 2.11. The average Bonchev–Trinajstić information content (AvgIpc) is 2.74. The van der Waals surface area contributed by atoms with E-state index < -0.39 is 0 Å². The Morgan fingerprint density at radius 1 is 1.12 bits per heavy atom. The lowest BCUT2D eigenvalue weighted by molar-refractivity contribution is 0.459. The highest BCUT2D eigenvalue weighted by atomic mass is 16.5. The van der Waals surface area contributed by atoms with E-state index in [1.165, 1.54) is 0 Å². The highest BCUT2D eigenvalue weighted by molar-refractivity contribution is 5.93. The molecule has 84 valence electrons. The van der Waals surface area contributed by atoms with E-state index in [0.29, 0.717) is 0 Å². The molecule has 2 N–H and O–H groups in total. The molecule has 0 bridgehead atoms.